The standard InChI is InChI=1S/C17H28N4O/c1-12-13(2)18-11-19-15(12)21-9-7-8-14(10-21)20(6)16(22)17(3,4)5/h11,14H,7-10H2,1-6H3. The Morgan fingerprint density at radius 3 is 2.64 bits per heavy atom. The van der Waals surface area contributed by atoms with E-state index < -0.39 is 0 Å². The number of piperidine rings is 1. The van der Waals surface area contributed by atoms with Gasteiger partial charge in [0.2, 0.25) is 5.91 Å². The van der Waals surface area contributed by atoms with Crippen LogP contribution in [0, 0.1) is 19.3 Å². The zero-order valence-electron chi connectivity index (χ0n) is 14.7. The summed E-state index contributed by atoms with van der Waals surface area (Å²) in [5, 5.41) is 0. The van der Waals surface area contributed by atoms with Gasteiger partial charge in [0.15, 0.2) is 0 Å². The molecule has 5 nitrogen and oxygen atoms in total. The molecule has 2 heterocycles. The Morgan fingerprint density at radius 2 is 2.00 bits per heavy atom. The van der Waals surface area contributed by atoms with Gasteiger partial charge in [0.05, 0.1) is 0 Å². The topological polar surface area (TPSA) is 49.3 Å². The van der Waals surface area contributed by atoms with Gasteiger partial charge < -0.3 is 9.80 Å². The number of rotatable bonds is 2. The number of anilines is 1. The van der Waals surface area contributed by atoms with Crippen LogP contribution in [0.1, 0.15) is 44.9 Å². The number of aryl methyl sites for hydroxylation is 1. The smallest absolute Gasteiger partial charge is 0.227 e. The van der Waals surface area contributed by atoms with Gasteiger partial charge in [0.25, 0.3) is 0 Å². The van der Waals surface area contributed by atoms with Crippen molar-refractivity contribution in [1.29, 1.82) is 0 Å². The van der Waals surface area contributed by atoms with Crippen molar-refractivity contribution in [3.05, 3.63) is 17.6 Å². The van der Waals surface area contributed by atoms with Crippen LogP contribution in [-0.2, 0) is 4.79 Å². The highest BCUT2D eigenvalue weighted by Crippen LogP contribution is 2.26. The number of likely N-dealkylation sites (N-methyl/N-ethyl adjacent to an activating group) is 1. The van der Waals surface area contributed by atoms with Crippen LogP contribution < -0.4 is 4.90 Å². The van der Waals surface area contributed by atoms with Gasteiger partial charge in [-0.3, -0.25) is 4.79 Å². The first-order valence-corrected chi connectivity index (χ1v) is 8.02. The number of nitrogens with zero attached hydrogens (tertiary/aromatic N) is 4. The summed E-state index contributed by atoms with van der Waals surface area (Å²) in [6, 6.07) is 0.246. The van der Waals surface area contributed by atoms with Gasteiger partial charge in [-0.2, -0.15) is 0 Å². The van der Waals surface area contributed by atoms with Gasteiger partial charge in [-0.05, 0) is 26.7 Å². The van der Waals surface area contributed by atoms with Crippen LogP contribution in [0.2, 0.25) is 0 Å². The van der Waals surface area contributed by atoms with Gasteiger partial charge >= 0.3 is 0 Å². The van der Waals surface area contributed by atoms with E-state index in [4.69, 9.17) is 0 Å². The predicted octanol–water partition coefficient (Wildman–Crippen LogP) is 2.57. The molecular formula is C17H28N4O. The van der Waals surface area contributed by atoms with Crippen molar-refractivity contribution in [3.63, 3.8) is 0 Å². The number of carbonyl (C=O) groups excluding carboxylic acids is 1. The summed E-state index contributed by atoms with van der Waals surface area (Å²) in [7, 11) is 1.93. The SMILES string of the molecule is Cc1ncnc(N2CCCC(N(C)C(=O)C(C)(C)C)C2)c1C. The molecule has 0 spiro atoms. The van der Waals surface area contributed by atoms with Crippen LogP contribution >= 0.6 is 0 Å². The second-order valence-corrected chi connectivity index (χ2v) is 7.32. The Labute approximate surface area is 133 Å². The van der Waals surface area contributed by atoms with Gasteiger partial charge in [-0.15, -0.1) is 0 Å². The summed E-state index contributed by atoms with van der Waals surface area (Å²) >= 11 is 0. The molecule has 0 N–H and O–H groups in total. The molecule has 1 fully saturated rings. The minimum atomic E-state index is -0.335. The molecule has 1 amide bonds. The molecule has 1 aliphatic heterocycles. The third-order valence-electron chi connectivity index (χ3n) is 4.52. The summed E-state index contributed by atoms with van der Waals surface area (Å²) < 4.78 is 0. The van der Waals surface area contributed by atoms with E-state index in [-0.39, 0.29) is 17.4 Å². The highest BCUT2D eigenvalue weighted by molar-refractivity contribution is 5.81. The van der Waals surface area contributed by atoms with Crippen molar-refractivity contribution in [2.24, 2.45) is 5.41 Å². The molecule has 1 aliphatic rings. The first kappa shape index (κ1) is 16.7. The third kappa shape index (κ3) is 3.39. The maximum Gasteiger partial charge on any atom is 0.227 e. The highest BCUT2D eigenvalue weighted by atomic mass is 16.2. The molecular weight excluding hydrogens is 276 g/mol. The summed E-state index contributed by atoms with van der Waals surface area (Å²) in [5.41, 5.74) is 1.82. The van der Waals surface area contributed by atoms with E-state index in [1.807, 2.05) is 39.6 Å². The minimum absolute atomic E-state index is 0.204. The Bertz CT molecular complexity index is 550. The maximum absolute atomic E-state index is 12.5. The fraction of sp³-hybridized carbons (Fsp3) is 0.706. The van der Waals surface area contributed by atoms with E-state index in [9.17, 15) is 4.79 Å². The quantitative estimate of drug-likeness (QED) is 0.842. The number of hydrogen-bond donors (Lipinski definition) is 0. The fourth-order valence-electron chi connectivity index (χ4n) is 3.00. The zero-order chi connectivity index (χ0) is 16.5. The van der Waals surface area contributed by atoms with Crippen molar-refractivity contribution in [3.8, 4) is 0 Å². The van der Waals surface area contributed by atoms with Gasteiger partial charge in [-0.1, -0.05) is 20.8 Å². The van der Waals surface area contributed by atoms with Crippen molar-refractivity contribution in [2.75, 3.05) is 25.0 Å². The summed E-state index contributed by atoms with van der Waals surface area (Å²) in [6.45, 7) is 11.8. The van der Waals surface area contributed by atoms with E-state index in [2.05, 4.69) is 21.8 Å². The lowest BCUT2D eigenvalue weighted by molar-refractivity contribution is -0.140. The Morgan fingerprint density at radius 1 is 1.32 bits per heavy atom. The first-order chi connectivity index (χ1) is 10.2. The van der Waals surface area contributed by atoms with E-state index in [0.29, 0.717) is 0 Å². The van der Waals surface area contributed by atoms with E-state index in [1.54, 1.807) is 6.33 Å². The van der Waals surface area contributed by atoms with Crippen molar-refractivity contribution < 1.29 is 4.79 Å². The Hall–Kier alpha value is -1.65. The molecule has 1 aromatic heterocycles. The van der Waals surface area contributed by atoms with Crippen LogP contribution in [0.15, 0.2) is 6.33 Å². The van der Waals surface area contributed by atoms with Crippen LogP contribution in [0.5, 0.6) is 0 Å². The van der Waals surface area contributed by atoms with Gasteiger partial charge in [0.1, 0.15) is 12.1 Å². The van der Waals surface area contributed by atoms with Gasteiger partial charge in [-0.25, -0.2) is 9.97 Å². The lowest BCUT2D eigenvalue weighted by Gasteiger charge is -2.40. The average molecular weight is 304 g/mol. The highest BCUT2D eigenvalue weighted by Gasteiger charge is 2.32. The van der Waals surface area contributed by atoms with Gasteiger partial charge in [0, 0.05) is 42.9 Å². The van der Waals surface area contributed by atoms with E-state index in [1.165, 1.54) is 0 Å². The molecule has 1 unspecified atom stereocenters. The summed E-state index contributed by atoms with van der Waals surface area (Å²) in [6.07, 6.45) is 3.76. The molecule has 1 saturated heterocycles. The first-order valence-electron chi connectivity index (χ1n) is 8.02. The van der Waals surface area contributed by atoms with Crippen LogP contribution in [0.4, 0.5) is 5.82 Å². The van der Waals surface area contributed by atoms with Crippen LogP contribution in [-0.4, -0.2) is 47.0 Å². The normalized spacial score (nSPS) is 19.2. The number of amides is 1. The van der Waals surface area contributed by atoms with Crippen LogP contribution in [0.3, 0.4) is 0 Å². The lowest BCUT2D eigenvalue weighted by atomic mass is 9.93. The molecule has 5 heteroatoms. The predicted molar refractivity (Wildman–Crippen MR) is 89.0 cm³/mol. The van der Waals surface area contributed by atoms with Crippen molar-refractivity contribution in [1.82, 2.24) is 14.9 Å². The number of aromatic nitrogens is 2. The lowest BCUT2D eigenvalue weighted by Crippen LogP contribution is -2.51. The summed E-state index contributed by atoms with van der Waals surface area (Å²) in [5.74, 6) is 1.21. The molecule has 0 aromatic carbocycles. The molecule has 1 aromatic rings. The van der Waals surface area contributed by atoms with Crippen molar-refractivity contribution >= 4 is 11.7 Å². The van der Waals surface area contributed by atoms with Crippen LogP contribution in [0.25, 0.3) is 0 Å². The third-order valence-corrected chi connectivity index (χ3v) is 4.52. The Kier molecular flexibility index (Phi) is 4.73. The maximum atomic E-state index is 12.5. The fourth-order valence-corrected chi connectivity index (χ4v) is 3.00. The largest absolute Gasteiger partial charge is 0.354 e. The Balaban J connectivity index is 2.15. The second-order valence-electron chi connectivity index (χ2n) is 7.32. The second kappa shape index (κ2) is 6.23. The molecule has 22 heavy (non-hydrogen) atoms. The minimum Gasteiger partial charge on any atom is -0.354 e. The molecule has 0 radical (unpaired) electrons. The molecule has 0 saturated carbocycles. The monoisotopic (exact) mass is 304 g/mol. The van der Waals surface area contributed by atoms with E-state index in [0.717, 1.165) is 43.0 Å². The number of carbonyl (C=O) groups is 1. The molecule has 2 rings (SSSR count). The zero-order valence-corrected chi connectivity index (χ0v) is 14.7. The van der Waals surface area contributed by atoms with E-state index >= 15 is 0 Å². The van der Waals surface area contributed by atoms with Crippen molar-refractivity contribution in [2.45, 2.75) is 53.5 Å². The molecule has 0 aliphatic carbocycles. The number of hydrogen-bond acceptors (Lipinski definition) is 4. The summed E-state index contributed by atoms with van der Waals surface area (Å²) in [4.78, 5) is 25.4. The molecule has 122 valence electrons. The molecule has 1 atom stereocenters. The molecule has 0 bridgehead atoms. The average Bonchev–Trinajstić information content (AvgIpc) is 2.47.